The number of hydrogen-bond acceptors (Lipinski definition) is 10. The molecule has 6 nitrogen and oxygen atoms in total. The van der Waals surface area contributed by atoms with E-state index in [4.69, 9.17) is 0 Å². The second-order valence-corrected chi connectivity index (χ2v) is 14.3. The highest BCUT2D eigenvalue weighted by Crippen LogP contribution is 2.39. The number of hydrogen-bond donors (Lipinski definition) is 0. The molecule has 0 atom stereocenters. The first-order valence-electron chi connectivity index (χ1n) is 13.5. The van der Waals surface area contributed by atoms with E-state index in [-0.39, 0.29) is 10.0 Å². The minimum atomic E-state index is -1.73. The molecule has 16 heteroatoms. The molecule has 0 aliphatic heterocycles. The Morgan fingerprint density at radius 2 is 0.938 bits per heavy atom. The van der Waals surface area contributed by atoms with E-state index in [0.29, 0.717) is 42.9 Å². The van der Waals surface area contributed by atoms with Gasteiger partial charge in [0.2, 0.25) is 11.6 Å². The molecule has 0 radical (unpaired) electrons. The molecule has 0 fully saturated rings. The van der Waals surface area contributed by atoms with E-state index in [2.05, 4.69) is 19.9 Å². The van der Waals surface area contributed by atoms with E-state index >= 15 is 0 Å². The van der Waals surface area contributed by atoms with E-state index < -0.39 is 57.6 Å². The van der Waals surface area contributed by atoms with Gasteiger partial charge in [-0.05, 0) is 59.3 Å². The average Bonchev–Trinajstić information content (AvgIpc) is 3.89. The van der Waals surface area contributed by atoms with Crippen molar-refractivity contribution in [3.05, 3.63) is 117 Å². The Morgan fingerprint density at radius 3 is 1.35 bits per heavy atom. The highest BCUT2D eigenvalue weighted by atomic mass is 32.1. The van der Waals surface area contributed by atoms with Gasteiger partial charge in [0.05, 0.1) is 41.3 Å². The summed E-state index contributed by atoms with van der Waals surface area (Å²) >= 11 is 4.60. The van der Waals surface area contributed by atoms with Crippen LogP contribution in [0.5, 0.6) is 0 Å². The van der Waals surface area contributed by atoms with Crippen LogP contribution in [0.25, 0.3) is 51.0 Å². The minimum Gasteiger partial charge on any atom is -0.286 e. The lowest BCUT2D eigenvalue weighted by Crippen LogP contribution is -2.06. The Kier molecular flexibility index (Phi) is 7.21. The number of thiazole rings is 4. The van der Waals surface area contributed by atoms with Crippen molar-refractivity contribution in [2.75, 3.05) is 0 Å². The molecule has 0 amide bonds. The van der Waals surface area contributed by atoms with Gasteiger partial charge in [0.25, 0.3) is 0 Å². The summed E-state index contributed by atoms with van der Waals surface area (Å²) < 4.78 is 84.1. The number of nitrogens with zero attached hydrogens (tertiary/aromatic N) is 4. The van der Waals surface area contributed by atoms with Gasteiger partial charge in [-0.25, -0.2) is 46.3 Å². The Labute approximate surface area is 279 Å². The van der Waals surface area contributed by atoms with Crippen molar-refractivity contribution in [1.82, 2.24) is 19.9 Å². The zero-order chi connectivity index (χ0) is 33.4. The fourth-order valence-electron chi connectivity index (χ4n) is 4.89. The maximum absolute atomic E-state index is 14.2. The second kappa shape index (κ2) is 11.4. The molecule has 8 rings (SSSR count). The van der Waals surface area contributed by atoms with Gasteiger partial charge in [-0.3, -0.25) is 9.59 Å². The number of carbonyl (C=O) groups is 2. The third-order valence-corrected chi connectivity index (χ3v) is 11.6. The van der Waals surface area contributed by atoms with Crippen molar-refractivity contribution < 1.29 is 35.9 Å². The molecule has 0 aliphatic rings. The number of aromatic nitrogens is 4. The van der Waals surface area contributed by atoms with Crippen LogP contribution in [0.4, 0.5) is 26.3 Å². The largest absolute Gasteiger partial charge is 0.286 e. The quantitative estimate of drug-likeness (QED) is 0.0965. The molecule has 236 valence electrons. The van der Waals surface area contributed by atoms with Crippen molar-refractivity contribution in [3.63, 3.8) is 0 Å². The number of halogens is 6. The van der Waals surface area contributed by atoms with Gasteiger partial charge in [-0.2, -0.15) is 0 Å². The smallest absolute Gasteiger partial charge is 0.224 e. The van der Waals surface area contributed by atoms with Gasteiger partial charge < -0.3 is 0 Å². The number of carbonyl (C=O) groups excluding carboxylic acids is 2. The molecule has 0 bridgehead atoms. The highest BCUT2D eigenvalue weighted by molar-refractivity contribution is 7.26. The molecule has 4 aromatic heterocycles. The molecule has 0 saturated heterocycles. The molecule has 0 saturated carbocycles. The fourth-order valence-corrected chi connectivity index (χ4v) is 8.71. The minimum absolute atomic E-state index is 0.101. The highest BCUT2D eigenvalue weighted by Gasteiger charge is 2.25. The first-order chi connectivity index (χ1) is 23.0. The van der Waals surface area contributed by atoms with Crippen LogP contribution in [0.2, 0.25) is 0 Å². The standard InChI is InChI=1S/C32H10F6N4O2S4/c33-15-3-1-13(23(35)25(15)37)27(43)31-39-9-21(47-31)29-41-17-5-11-8-20-18(6-12(11)7-19(17)45-29)42-30(46-20)22-10-40-32(48-22)28(44)14-2-4-16(34)26(38)24(14)36/h1-10H. The first-order valence-corrected chi connectivity index (χ1v) is 16.8. The first kappa shape index (κ1) is 30.4. The molecule has 0 unspecified atom stereocenters. The number of fused-ring (bicyclic) bond motifs is 3. The Balaban J connectivity index is 1.08. The molecule has 4 aromatic carbocycles. The Hall–Kier alpha value is -4.90. The predicted octanol–water partition coefficient (Wildman–Crippen LogP) is 9.60. The zero-order valence-electron chi connectivity index (χ0n) is 23.3. The van der Waals surface area contributed by atoms with Crippen LogP contribution in [0, 0.1) is 34.9 Å². The van der Waals surface area contributed by atoms with Crippen molar-refractivity contribution in [2.24, 2.45) is 0 Å². The van der Waals surface area contributed by atoms with E-state index in [1.54, 1.807) is 0 Å². The molecular formula is C32H10F6N4O2S4. The second-order valence-electron chi connectivity index (χ2n) is 10.2. The third-order valence-electron chi connectivity index (χ3n) is 7.23. The number of benzene rings is 4. The van der Waals surface area contributed by atoms with Crippen LogP contribution in [-0.4, -0.2) is 31.5 Å². The molecule has 0 spiro atoms. The third kappa shape index (κ3) is 4.99. The monoisotopic (exact) mass is 724 g/mol. The molecule has 4 heterocycles. The fraction of sp³-hybridized carbons (Fsp3) is 0. The summed E-state index contributed by atoms with van der Waals surface area (Å²) in [6.45, 7) is 0. The van der Waals surface area contributed by atoms with Crippen molar-refractivity contribution in [1.29, 1.82) is 0 Å². The van der Waals surface area contributed by atoms with E-state index in [9.17, 15) is 35.9 Å². The summed E-state index contributed by atoms with van der Waals surface area (Å²) in [6.07, 6.45) is 2.84. The summed E-state index contributed by atoms with van der Waals surface area (Å²) in [4.78, 5) is 44.1. The predicted molar refractivity (Wildman–Crippen MR) is 172 cm³/mol. The SMILES string of the molecule is O=C(c1ncc(-c2nc3cc4cc5sc(-c6cnc(C(=O)c7ccc(F)c(F)c7F)s6)nc5cc4cc3s2)s1)c1ccc(F)c(F)c1F. The van der Waals surface area contributed by atoms with Gasteiger partial charge in [0, 0.05) is 12.4 Å². The molecular weight excluding hydrogens is 715 g/mol. The summed E-state index contributed by atoms with van der Waals surface area (Å²) in [6, 6.07) is 10.8. The molecule has 0 aliphatic carbocycles. The van der Waals surface area contributed by atoms with Crippen LogP contribution in [0.3, 0.4) is 0 Å². The van der Waals surface area contributed by atoms with Gasteiger partial charge in [0.15, 0.2) is 44.9 Å². The molecule has 8 aromatic rings. The van der Waals surface area contributed by atoms with Crippen molar-refractivity contribution in [2.45, 2.75) is 0 Å². The van der Waals surface area contributed by atoms with Gasteiger partial charge in [-0.1, -0.05) is 0 Å². The van der Waals surface area contributed by atoms with Crippen molar-refractivity contribution >= 4 is 88.1 Å². The van der Waals surface area contributed by atoms with Crippen LogP contribution in [-0.2, 0) is 0 Å². The molecule has 0 N–H and O–H groups in total. The maximum atomic E-state index is 14.2. The van der Waals surface area contributed by atoms with Gasteiger partial charge in [0.1, 0.15) is 10.0 Å². The van der Waals surface area contributed by atoms with Gasteiger partial charge in [-0.15, -0.1) is 45.3 Å². The van der Waals surface area contributed by atoms with Crippen LogP contribution in [0.15, 0.2) is 60.9 Å². The average molecular weight is 725 g/mol. The van der Waals surface area contributed by atoms with Crippen LogP contribution in [0.1, 0.15) is 30.7 Å². The van der Waals surface area contributed by atoms with Crippen molar-refractivity contribution in [3.8, 4) is 19.8 Å². The summed E-state index contributed by atoms with van der Waals surface area (Å²) in [5.41, 5.74) is 0.107. The zero-order valence-corrected chi connectivity index (χ0v) is 26.5. The number of rotatable bonds is 6. The number of ketones is 2. The normalized spacial score (nSPS) is 11.7. The van der Waals surface area contributed by atoms with Gasteiger partial charge >= 0.3 is 0 Å². The maximum Gasteiger partial charge on any atom is 0.224 e. The lowest BCUT2D eigenvalue weighted by Gasteiger charge is -2.01. The summed E-state index contributed by atoms with van der Waals surface area (Å²) in [5.74, 6) is -11.2. The molecule has 48 heavy (non-hydrogen) atoms. The summed E-state index contributed by atoms with van der Waals surface area (Å²) in [5, 5.41) is 2.65. The Morgan fingerprint density at radius 1 is 0.521 bits per heavy atom. The van der Waals surface area contributed by atoms with Crippen LogP contribution >= 0.6 is 45.3 Å². The topological polar surface area (TPSA) is 85.7 Å². The van der Waals surface area contributed by atoms with E-state index in [1.165, 1.54) is 35.1 Å². The van der Waals surface area contributed by atoms with Crippen LogP contribution < -0.4 is 0 Å². The lowest BCUT2D eigenvalue weighted by atomic mass is 10.1. The Bertz CT molecular complexity index is 2420. The van der Waals surface area contributed by atoms with E-state index in [0.717, 1.165) is 55.0 Å². The summed E-state index contributed by atoms with van der Waals surface area (Å²) in [7, 11) is 0. The van der Waals surface area contributed by atoms with E-state index in [1.807, 2.05) is 24.3 Å². The lowest BCUT2D eigenvalue weighted by molar-refractivity contribution is 0.102.